The lowest BCUT2D eigenvalue weighted by Crippen LogP contribution is -2.21. The average molecular weight is 546 g/mol. The highest BCUT2D eigenvalue weighted by molar-refractivity contribution is 6.34. The number of nitrogens with two attached hydrogens (primary N) is 1. The second-order valence-electron chi connectivity index (χ2n) is 10.5. The summed E-state index contributed by atoms with van der Waals surface area (Å²) in [5.74, 6) is 1.11. The van der Waals surface area contributed by atoms with Crippen LogP contribution in [-0.2, 0) is 11.2 Å². The van der Waals surface area contributed by atoms with E-state index in [1.807, 2.05) is 37.3 Å². The summed E-state index contributed by atoms with van der Waals surface area (Å²) in [5.41, 5.74) is 11.7. The van der Waals surface area contributed by atoms with Crippen molar-refractivity contribution in [2.24, 2.45) is 5.92 Å². The number of hydrogen-bond acceptors (Lipinski definition) is 6. The molecule has 3 N–H and O–H groups in total. The maximum atomic E-state index is 12.4. The van der Waals surface area contributed by atoms with E-state index in [1.165, 1.54) is 0 Å². The van der Waals surface area contributed by atoms with Crippen molar-refractivity contribution in [2.45, 2.75) is 64.5 Å². The Balaban J connectivity index is 1.32. The van der Waals surface area contributed by atoms with E-state index in [9.17, 15) is 4.79 Å². The van der Waals surface area contributed by atoms with Crippen molar-refractivity contribution in [1.82, 2.24) is 14.5 Å². The molecule has 2 aliphatic rings. The summed E-state index contributed by atoms with van der Waals surface area (Å²) >= 11 is 6.81. The average Bonchev–Trinajstić information content (AvgIpc) is 3.71. The van der Waals surface area contributed by atoms with Crippen LogP contribution in [0.3, 0.4) is 0 Å². The summed E-state index contributed by atoms with van der Waals surface area (Å²) < 4.78 is 13.8. The Hall–Kier alpha value is -3.78. The minimum atomic E-state index is -0.470. The minimum Gasteiger partial charge on any atom is -0.446 e. The number of benzene rings is 2. The number of ether oxygens (including phenoxy) is 2. The summed E-state index contributed by atoms with van der Waals surface area (Å²) in [4.78, 5) is 21.0. The molecule has 1 atom stereocenters. The first kappa shape index (κ1) is 25.5. The first-order chi connectivity index (χ1) is 18.9. The van der Waals surface area contributed by atoms with Crippen LogP contribution in [0.4, 0.5) is 16.2 Å². The Morgan fingerprint density at radius 3 is 2.56 bits per heavy atom. The molecule has 0 bridgehead atoms. The summed E-state index contributed by atoms with van der Waals surface area (Å²) in [6.07, 6.45) is 9.37. The van der Waals surface area contributed by atoms with E-state index in [0.29, 0.717) is 40.1 Å². The highest BCUT2D eigenvalue weighted by atomic mass is 35.5. The van der Waals surface area contributed by atoms with Crippen LogP contribution in [0.2, 0.25) is 5.02 Å². The highest BCUT2D eigenvalue weighted by Crippen LogP contribution is 2.46. The molecule has 6 rings (SSSR count). The molecule has 2 aromatic heterocycles. The van der Waals surface area contributed by atoms with Crippen LogP contribution in [0.25, 0.3) is 22.2 Å². The van der Waals surface area contributed by atoms with E-state index in [1.54, 1.807) is 18.5 Å². The van der Waals surface area contributed by atoms with Gasteiger partial charge in [0.1, 0.15) is 11.9 Å². The number of rotatable bonds is 8. The number of hydrogen-bond donors (Lipinski definition) is 2. The number of halogens is 1. The normalized spacial score (nSPS) is 16.1. The minimum absolute atomic E-state index is 0.0890. The number of nitrogen functional groups attached to an aromatic ring is 1. The number of anilines is 2. The molecular weight excluding hydrogens is 514 g/mol. The molecule has 2 aromatic carbocycles. The molecule has 2 aliphatic carbocycles. The Kier molecular flexibility index (Phi) is 6.81. The number of aromatic nitrogens is 3. The predicted molar refractivity (Wildman–Crippen MR) is 153 cm³/mol. The van der Waals surface area contributed by atoms with Gasteiger partial charge in [-0.3, -0.25) is 5.32 Å². The SMILES string of the molecule is CCc1cnc(Oc2ccc3c(N)c(-c4ccc(NC(=O)O[C@H](C)C5CC5)cc4Cl)n(C4CCC4)c3c2)nc1. The fourth-order valence-electron chi connectivity index (χ4n) is 5.13. The van der Waals surface area contributed by atoms with Gasteiger partial charge in [0.2, 0.25) is 0 Å². The maximum absolute atomic E-state index is 12.4. The van der Waals surface area contributed by atoms with Crippen molar-refractivity contribution in [2.75, 3.05) is 11.1 Å². The molecule has 39 heavy (non-hydrogen) atoms. The van der Waals surface area contributed by atoms with Crippen molar-refractivity contribution < 1.29 is 14.3 Å². The first-order valence-electron chi connectivity index (χ1n) is 13.6. The topological polar surface area (TPSA) is 104 Å². The zero-order valence-electron chi connectivity index (χ0n) is 22.1. The van der Waals surface area contributed by atoms with Gasteiger partial charge in [0.25, 0.3) is 0 Å². The molecule has 4 aromatic rings. The molecule has 2 fully saturated rings. The van der Waals surface area contributed by atoms with E-state index in [4.69, 9.17) is 26.8 Å². The second kappa shape index (κ2) is 10.4. The van der Waals surface area contributed by atoms with Crippen LogP contribution < -0.4 is 15.8 Å². The molecule has 0 radical (unpaired) electrons. The van der Waals surface area contributed by atoms with E-state index in [-0.39, 0.29) is 6.10 Å². The lowest BCUT2D eigenvalue weighted by Gasteiger charge is -2.30. The standard InChI is InChI=1S/C30H32ClN5O3/c1-3-18-15-33-29(34-16-18)39-22-10-12-24-26(14-22)36(21-5-4-6-21)28(27(24)32)23-11-9-20(13-25(23)31)35-30(37)38-17(2)19-7-8-19/h9-17,19,21H,3-8,32H2,1-2H3,(H,35,37)/t17-/m1/s1. The second-order valence-corrected chi connectivity index (χ2v) is 10.9. The van der Waals surface area contributed by atoms with Gasteiger partial charge in [-0.2, -0.15) is 0 Å². The van der Waals surface area contributed by atoms with Gasteiger partial charge in [0.15, 0.2) is 0 Å². The van der Waals surface area contributed by atoms with Crippen molar-refractivity contribution >= 4 is 40.0 Å². The Morgan fingerprint density at radius 1 is 1.15 bits per heavy atom. The molecule has 0 spiro atoms. The molecule has 0 saturated heterocycles. The van der Waals surface area contributed by atoms with Crippen molar-refractivity contribution in [3.63, 3.8) is 0 Å². The van der Waals surface area contributed by atoms with E-state index in [2.05, 4.69) is 26.8 Å². The molecule has 0 unspecified atom stereocenters. The van der Waals surface area contributed by atoms with Crippen LogP contribution in [0.1, 0.15) is 57.6 Å². The molecule has 2 heterocycles. The number of carbonyl (C=O) groups is 1. The van der Waals surface area contributed by atoms with Gasteiger partial charge in [0, 0.05) is 41.1 Å². The molecule has 202 valence electrons. The van der Waals surface area contributed by atoms with Crippen molar-refractivity contribution in [3.8, 4) is 23.0 Å². The van der Waals surface area contributed by atoms with Crippen LogP contribution >= 0.6 is 11.6 Å². The van der Waals surface area contributed by atoms with Crippen LogP contribution in [0.15, 0.2) is 48.8 Å². The molecule has 2 saturated carbocycles. The van der Waals surface area contributed by atoms with E-state index >= 15 is 0 Å². The molecule has 1 amide bonds. The quantitative estimate of drug-likeness (QED) is 0.234. The lowest BCUT2D eigenvalue weighted by molar-refractivity contribution is 0.108. The number of aryl methyl sites for hydroxylation is 1. The molecule has 8 nitrogen and oxygen atoms in total. The third-order valence-corrected chi connectivity index (χ3v) is 8.12. The van der Waals surface area contributed by atoms with Gasteiger partial charge in [-0.25, -0.2) is 14.8 Å². The van der Waals surface area contributed by atoms with Crippen molar-refractivity contribution in [1.29, 1.82) is 0 Å². The zero-order chi connectivity index (χ0) is 27.1. The number of amides is 1. The smallest absolute Gasteiger partial charge is 0.411 e. The summed E-state index contributed by atoms with van der Waals surface area (Å²) in [7, 11) is 0. The summed E-state index contributed by atoms with van der Waals surface area (Å²) in [6, 6.07) is 11.9. The fourth-order valence-corrected chi connectivity index (χ4v) is 5.40. The van der Waals surface area contributed by atoms with Crippen LogP contribution in [-0.4, -0.2) is 26.7 Å². The fraction of sp³-hybridized carbons (Fsp3) is 0.367. The lowest BCUT2D eigenvalue weighted by atomic mass is 9.92. The van der Waals surface area contributed by atoms with Gasteiger partial charge >= 0.3 is 12.1 Å². The Morgan fingerprint density at radius 2 is 1.92 bits per heavy atom. The van der Waals surface area contributed by atoms with Crippen LogP contribution in [0.5, 0.6) is 11.8 Å². The third kappa shape index (κ3) is 5.13. The molecule has 0 aliphatic heterocycles. The van der Waals surface area contributed by atoms with Gasteiger partial charge < -0.3 is 19.8 Å². The predicted octanol–water partition coefficient (Wildman–Crippen LogP) is 7.76. The zero-order valence-corrected chi connectivity index (χ0v) is 22.9. The number of fused-ring (bicyclic) bond motifs is 1. The van der Waals surface area contributed by atoms with Gasteiger partial charge in [-0.05, 0) is 87.3 Å². The summed E-state index contributed by atoms with van der Waals surface area (Å²) in [6.45, 7) is 3.99. The Bertz CT molecular complexity index is 1530. The van der Waals surface area contributed by atoms with Gasteiger partial charge in [-0.15, -0.1) is 0 Å². The highest BCUT2D eigenvalue weighted by Gasteiger charge is 2.31. The largest absolute Gasteiger partial charge is 0.446 e. The number of nitrogens with one attached hydrogen (secondary N) is 1. The molecular formula is C30H32ClN5O3. The monoisotopic (exact) mass is 545 g/mol. The first-order valence-corrected chi connectivity index (χ1v) is 14.0. The third-order valence-electron chi connectivity index (χ3n) is 7.80. The Labute approximate surface area is 232 Å². The maximum Gasteiger partial charge on any atom is 0.411 e. The number of carbonyl (C=O) groups excluding carboxylic acids is 1. The van der Waals surface area contributed by atoms with E-state index in [0.717, 1.165) is 66.2 Å². The number of nitrogens with zero attached hydrogens (tertiary/aromatic N) is 3. The van der Waals surface area contributed by atoms with Crippen molar-refractivity contribution in [3.05, 3.63) is 59.4 Å². The van der Waals surface area contributed by atoms with Gasteiger partial charge in [0.05, 0.1) is 21.9 Å². The van der Waals surface area contributed by atoms with Crippen LogP contribution in [0, 0.1) is 5.92 Å². The van der Waals surface area contributed by atoms with E-state index < -0.39 is 6.09 Å². The summed E-state index contributed by atoms with van der Waals surface area (Å²) in [5, 5.41) is 4.23. The molecule has 9 heteroatoms. The van der Waals surface area contributed by atoms with Gasteiger partial charge in [-0.1, -0.05) is 18.5 Å².